The average Bonchev–Trinajstić information content (AvgIpc) is 2.85. The molecule has 18 heavy (non-hydrogen) atoms. The van der Waals surface area contributed by atoms with Crippen LogP contribution in [0.1, 0.15) is 42.5 Å². The Kier molecular flexibility index (Phi) is 4.79. The Morgan fingerprint density at radius 3 is 2.61 bits per heavy atom. The van der Waals surface area contributed by atoms with E-state index in [1.54, 1.807) is 0 Å². The molecule has 0 radical (unpaired) electrons. The zero-order valence-electron chi connectivity index (χ0n) is 12.0. The van der Waals surface area contributed by atoms with Crippen molar-refractivity contribution in [2.24, 2.45) is 0 Å². The van der Waals surface area contributed by atoms with Crippen LogP contribution in [0.25, 0.3) is 0 Å². The van der Waals surface area contributed by atoms with Gasteiger partial charge in [-0.1, -0.05) is 30.7 Å². The van der Waals surface area contributed by atoms with Gasteiger partial charge in [-0.3, -0.25) is 0 Å². The zero-order chi connectivity index (χ0) is 13.0. The molecule has 1 saturated heterocycles. The first-order valence-corrected chi connectivity index (χ1v) is 7.23. The van der Waals surface area contributed by atoms with E-state index in [4.69, 9.17) is 0 Å². The van der Waals surface area contributed by atoms with Gasteiger partial charge in [-0.05, 0) is 57.5 Å². The van der Waals surface area contributed by atoms with Gasteiger partial charge in [0.1, 0.15) is 0 Å². The zero-order valence-corrected chi connectivity index (χ0v) is 12.0. The molecule has 1 aromatic rings. The van der Waals surface area contributed by atoms with E-state index >= 15 is 0 Å². The number of rotatable bonds is 5. The van der Waals surface area contributed by atoms with Crippen molar-refractivity contribution in [1.82, 2.24) is 10.2 Å². The average molecular weight is 246 g/mol. The van der Waals surface area contributed by atoms with Gasteiger partial charge in [0, 0.05) is 12.6 Å². The van der Waals surface area contributed by atoms with Gasteiger partial charge >= 0.3 is 0 Å². The number of nitrogens with one attached hydrogen (secondary N) is 1. The molecule has 0 spiro atoms. The van der Waals surface area contributed by atoms with Gasteiger partial charge in [0.25, 0.3) is 0 Å². The minimum absolute atomic E-state index is 0.480. The first kappa shape index (κ1) is 13.6. The molecule has 2 rings (SSSR count). The fourth-order valence-corrected chi connectivity index (χ4v) is 2.88. The van der Waals surface area contributed by atoms with Crippen LogP contribution >= 0.6 is 0 Å². The number of hydrogen-bond acceptors (Lipinski definition) is 2. The lowest BCUT2D eigenvalue weighted by Crippen LogP contribution is -2.34. The third-order valence-electron chi connectivity index (χ3n) is 3.90. The molecular weight excluding hydrogens is 220 g/mol. The summed E-state index contributed by atoms with van der Waals surface area (Å²) in [4.78, 5) is 2.59. The first-order chi connectivity index (χ1) is 8.70. The maximum absolute atomic E-state index is 3.65. The van der Waals surface area contributed by atoms with E-state index in [1.165, 1.54) is 42.6 Å². The lowest BCUT2D eigenvalue weighted by Gasteiger charge is -2.26. The number of likely N-dealkylation sites (N-methyl/N-ethyl adjacent to an activating group) is 1. The molecule has 2 nitrogen and oxygen atoms in total. The van der Waals surface area contributed by atoms with E-state index in [0.29, 0.717) is 6.04 Å². The van der Waals surface area contributed by atoms with Crippen LogP contribution in [0.5, 0.6) is 0 Å². The highest BCUT2D eigenvalue weighted by Gasteiger charge is 2.19. The topological polar surface area (TPSA) is 15.3 Å². The van der Waals surface area contributed by atoms with Gasteiger partial charge in [0.2, 0.25) is 0 Å². The Morgan fingerprint density at radius 2 is 1.94 bits per heavy atom. The van der Waals surface area contributed by atoms with Crippen molar-refractivity contribution < 1.29 is 0 Å². The van der Waals surface area contributed by atoms with Crippen molar-refractivity contribution >= 4 is 0 Å². The predicted octanol–water partition coefficient (Wildman–Crippen LogP) is 3.05. The Balaban J connectivity index is 2.14. The molecule has 1 unspecified atom stereocenters. The van der Waals surface area contributed by atoms with Gasteiger partial charge in [-0.2, -0.15) is 0 Å². The molecule has 2 heteroatoms. The van der Waals surface area contributed by atoms with Gasteiger partial charge in [-0.15, -0.1) is 0 Å². The van der Waals surface area contributed by atoms with Crippen LogP contribution in [0.2, 0.25) is 0 Å². The second-order valence-corrected chi connectivity index (χ2v) is 5.48. The summed E-state index contributed by atoms with van der Waals surface area (Å²) < 4.78 is 0. The quantitative estimate of drug-likeness (QED) is 0.859. The van der Waals surface area contributed by atoms with Crippen LogP contribution < -0.4 is 5.32 Å². The summed E-state index contributed by atoms with van der Waals surface area (Å²) in [6.07, 6.45) is 2.73. The summed E-state index contributed by atoms with van der Waals surface area (Å²) in [6, 6.07) is 7.28. The highest BCUT2D eigenvalue weighted by Crippen LogP contribution is 2.22. The highest BCUT2D eigenvalue weighted by atomic mass is 15.2. The number of likely N-dealkylation sites (tertiary alicyclic amines) is 1. The first-order valence-electron chi connectivity index (χ1n) is 7.23. The van der Waals surface area contributed by atoms with E-state index in [2.05, 4.69) is 49.2 Å². The Labute approximate surface area is 111 Å². The third kappa shape index (κ3) is 3.33. The van der Waals surface area contributed by atoms with E-state index in [1.807, 2.05) is 0 Å². The van der Waals surface area contributed by atoms with Crippen molar-refractivity contribution in [1.29, 1.82) is 0 Å². The molecule has 1 atom stereocenters. The second kappa shape index (κ2) is 6.35. The summed E-state index contributed by atoms with van der Waals surface area (Å²) in [6.45, 7) is 11.3. The smallest absolute Gasteiger partial charge is 0.0451 e. The summed E-state index contributed by atoms with van der Waals surface area (Å²) in [5.74, 6) is 0. The molecule has 0 aromatic heterocycles. The molecule has 0 bridgehead atoms. The SMILES string of the molecule is CCNC(CN1CCCC1)c1cc(C)ccc1C. The molecule has 100 valence electrons. The van der Waals surface area contributed by atoms with Crippen molar-refractivity contribution in [3.8, 4) is 0 Å². The Hall–Kier alpha value is -0.860. The van der Waals surface area contributed by atoms with Crippen LogP contribution in [0, 0.1) is 13.8 Å². The standard InChI is InChI=1S/C16H26N2/c1-4-17-16(12-18-9-5-6-10-18)15-11-13(2)7-8-14(15)3/h7-8,11,16-17H,4-6,9-10,12H2,1-3H3. The van der Waals surface area contributed by atoms with Gasteiger partial charge in [0.15, 0.2) is 0 Å². The fraction of sp³-hybridized carbons (Fsp3) is 0.625. The van der Waals surface area contributed by atoms with E-state index in [9.17, 15) is 0 Å². The van der Waals surface area contributed by atoms with Crippen molar-refractivity contribution in [2.75, 3.05) is 26.2 Å². The number of hydrogen-bond donors (Lipinski definition) is 1. The van der Waals surface area contributed by atoms with Crippen LogP contribution in [0.15, 0.2) is 18.2 Å². The normalized spacial score (nSPS) is 18.2. The van der Waals surface area contributed by atoms with Gasteiger partial charge in [-0.25, -0.2) is 0 Å². The predicted molar refractivity (Wildman–Crippen MR) is 78.0 cm³/mol. The Morgan fingerprint density at radius 1 is 1.22 bits per heavy atom. The molecular formula is C16H26N2. The van der Waals surface area contributed by atoms with Crippen LogP contribution in [0.3, 0.4) is 0 Å². The summed E-state index contributed by atoms with van der Waals surface area (Å²) in [5.41, 5.74) is 4.24. The van der Waals surface area contributed by atoms with E-state index in [-0.39, 0.29) is 0 Å². The minimum Gasteiger partial charge on any atom is -0.309 e. The Bertz CT molecular complexity index is 381. The molecule has 1 aliphatic rings. The number of benzene rings is 1. The third-order valence-corrected chi connectivity index (χ3v) is 3.90. The van der Waals surface area contributed by atoms with E-state index in [0.717, 1.165) is 13.1 Å². The van der Waals surface area contributed by atoms with Gasteiger partial charge in [0.05, 0.1) is 0 Å². The van der Waals surface area contributed by atoms with Crippen LogP contribution in [-0.2, 0) is 0 Å². The lowest BCUT2D eigenvalue weighted by molar-refractivity contribution is 0.294. The summed E-state index contributed by atoms with van der Waals surface area (Å²) in [5, 5.41) is 3.65. The van der Waals surface area contributed by atoms with Crippen molar-refractivity contribution in [2.45, 2.75) is 39.7 Å². The van der Waals surface area contributed by atoms with Crippen molar-refractivity contribution in [3.05, 3.63) is 34.9 Å². The maximum atomic E-state index is 3.65. The second-order valence-electron chi connectivity index (χ2n) is 5.48. The maximum Gasteiger partial charge on any atom is 0.0451 e. The van der Waals surface area contributed by atoms with Crippen LogP contribution in [-0.4, -0.2) is 31.1 Å². The van der Waals surface area contributed by atoms with Gasteiger partial charge < -0.3 is 10.2 Å². The molecule has 0 saturated carbocycles. The number of aryl methyl sites for hydroxylation is 2. The highest BCUT2D eigenvalue weighted by molar-refractivity contribution is 5.33. The fourth-order valence-electron chi connectivity index (χ4n) is 2.88. The molecule has 1 fully saturated rings. The molecule has 1 aliphatic heterocycles. The molecule has 0 amide bonds. The molecule has 1 heterocycles. The molecule has 1 aromatic carbocycles. The van der Waals surface area contributed by atoms with Crippen LogP contribution in [0.4, 0.5) is 0 Å². The number of nitrogens with zero attached hydrogens (tertiary/aromatic N) is 1. The minimum atomic E-state index is 0.480. The molecule has 0 aliphatic carbocycles. The largest absolute Gasteiger partial charge is 0.309 e. The van der Waals surface area contributed by atoms with E-state index < -0.39 is 0 Å². The molecule has 1 N–H and O–H groups in total. The summed E-state index contributed by atoms with van der Waals surface area (Å²) in [7, 11) is 0. The monoisotopic (exact) mass is 246 g/mol. The van der Waals surface area contributed by atoms with Crippen molar-refractivity contribution in [3.63, 3.8) is 0 Å². The lowest BCUT2D eigenvalue weighted by atomic mass is 9.98. The summed E-state index contributed by atoms with van der Waals surface area (Å²) >= 11 is 0.